The number of H-pyrrole nitrogens is 1. The standard InChI is InChI=1S/C27H26N4O/c1-17-9-14-20-23(30-31-26-28-21-7-5-6-8-22(21)29-26)16-24(32-25(20)15-17)18-10-12-19(13-11-18)27(2,3)4/h5-16H,1-4H3,(H2,28,29,31). The van der Waals surface area contributed by atoms with Crippen LogP contribution >= 0.6 is 0 Å². The second kappa shape index (κ2) is 7.68. The van der Waals surface area contributed by atoms with Crippen LogP contribution in [-0.4, -0.2) is 9.97 Å². The Morgan fingerprint density at radius 1 is 0.938 bits per heavy atom. The molecule has 2 heterocycles. The highest BCUT2D eigenvalue weighted by Gasteiger charge is 2.14. The van der Waals surface area contributed by atoms with Crippen LogP contribution in [0, 0.1) is 6.92 Å². The van der Waals surface area contributed by atoms with Crippen molar-refractivity contribution in [3.63, 3.8) is 0 Å². The number of hydrogen-bond acceptors (Lipinski definition) is 4. The smallest absolute Gasteiger partial charge is 0.222 e. The van der Waals surface area contributed by atoms with Gasteiger partial charge in [0.15, 0.2) is 0 Å². The molecule has 2 N–H and O–H groups in total. The minimum absolute atomic E-state index is 0.104. The maximum absolute atomic E-state index is 6.28. The van der Waals surface area contributed by atoms with Crippen molar-refractivity contribution in [2.24, 2.45) is 5.10 Å². The Morgan fingerprint density at radius 3 is 2.47 bits per heavy atom. The highest BCUT2D eigenvalue weighted by molar-refractivity contribution is 5.79. The summed E-state index contributed by atoms with van der Waals surface area (Å²) < 4.78 is 6.28. The van der Waals surface area contributed by atoms with E-state index in [-0.39, 0.29) is 5.41 Å². The van der Waals surface area contributed by atoms with Gasteiger partial charge in [0.25, 0.3) is 0 Å². The highest BCUT2D eigenvalue weighted by atomic mass is 16.3. The monoisotopic (exact) mass is 422 g/mol. The van der Waals surface area contributed by atoms with Crippen LogP contribution in [0.4, 0.5) is 5.95 Å². The molecule has 0 saturated heterocycles. The quantitative estimate of drug-likeness (QED) is 0.326. The van der Waals surface area contributed by atoms with Gasteiger partial charge in [-0.15, -0.1) is 0 Å². The Hall–Kier alpha value is -3.86. The predicted octanol–water partition coefficient (Wildman–Crippen LogP) is 6.51. The first kappa shape index (κ1) is 20.1. The molecule has 0 fully saturated rings. The van der Waals surface area contributed by atoms with Crippen LogP contribution in [0.25, 0.3) is 33.3 Å². The van der Waals surface area contributed by atoms with E-state index in [1.54, 1.807) is 0 Å². The predicted molar refractivity (Wildman–Crippen MR) is 130 cm³/mol. The van der Waals surface area contributed by atoms with Crippen LogP contribution in [0.15, 0.2) is 82.3 Å². The summed E-state index contributed by atoms with van der Waals surface area (Å²) in [4.78, 5) is 7.80. The number of anilines is 1. The number of hydrogen-bond donors (Lipinski definition) is 2. The number of aromatic nitrogens is 2. The Morgan fingerprint density at radius 2 is 1.72 bits per heavy atom. The first-order valence-corrected chi connectivity index (χ1v) is 10.8. The molecular weight excluding hydrogens is 396 g/mol. The molecule has 0 aliphatic carbocycles. The van der Waals surface area contributed by atoms with Crippen molar-refractivity contribution in [1.82, 2.24) is 9.97 Å². The van der Waals surface area contributed by atoms with E-state index in [1.165, 1.54) is 5.56 Å². The number of imidazole rings is 1. The lowest BCUT2D eigenvalue weighted by molar-refractivity contribution is 0.589. The SMILES string of the molecule is Cc1ccc2c(=NNc3nc4ccccc4[nH]3)cc(-c3ccc(C(C)(C)C)cc3)oc2c1. The minimum Gasteiger partial charge on any atom is -0.456 e. The molecular formula is C27H26N4O. The normalized spacial score (nSPS) is 12.6. The number of nitrogens with one attached hydrogen (secondary N) is 2. The molecule has 2 aromatic heterocycles. The summed E-state index contributed by atoms with van der Waals surface area (Å²) in [6, 6.07) is 24.6. The summed E-state index contributed by atoms with van der Waals surface area (Å²) in [6.07, 6.45) is 0. The fourth-order valence-electron chi connectivity index (χ4n) is 3.76. The van der Waals surface area contributed by atoms with Crippen molar-refractivity contribution < 1.29 is 4.42 Å². The van der Waals surface area contributed by atoms with Gasteiger partial charge in [-0.1, -0.05) is 63.2 Å². The first-order chi connectivity index (χ1) is 15.4. The number of rotatable bonds is 3. The molecule has 0 unspecified atom stereocenters. The highest BCUT2D eigenvalue weighted by Crippen LogP contribution is 2.27. The van der Waals surface area contributed by atoms with Crippen molar-refractivity contribution in [1.29, 1.82) is 0 Å². The van der Waals surface area contributed by atoms with Crippen LogP contribution in [0.2, 0.25) is 0 Å². The molecule has 0 atom stereocenters. The van der Waals surface area contributed by atoms with Gasteiger partial charge in [0.1, 0.15) is 11.3 Å². The summed E-state index contributed by atoms with van der Waals surface area (Å²) in [7, 11) is 0. The summed E-state index contributed by atoms with van der Waals surface area (Å²) in [5, 5.41) is 6.40. The number of para-hydroxylation sites is 2. The molecule has 5 nitrogen and oxygen atoms in total. The van der Waals surface area contributed by atoms with Crippen molar-refractivity contribution >= 4 is 28.0 Å². The van der Waals surface area contributed by atoms with Gasteiger partial charge < -0.3 is 9.40 Å². The zero-order valence-electron chi connectivity index (χ0n) is 18.7. The number of aryl methyl sites for hydroxylation is 1. The second-order valence-electron chi connectivity index (χ2n) is 9.15. The van der Waals surface area contributed by atoms with Crippen LogP contribution < -0.4 is 10.8 Å². The van der Waals surface area contributed by atoms with Crippen LogP contribution in [0.5, 0.6) is 0 Å². The molecule has 0 bridgehead atoms. The fourth-order valence-corrected chi connectivity index (χ4v) is 3.76. The van der Waals surface area contributed by atoms with Crippen molar-refractivity contribution in [3.05, 3.63) is 89.3 Å². The molecule has 0 amide bonds. The zero-order valence-corrected chi connectivity index (χ0v) is 18.7. The second-order valence-corrected chi connectivity index (χ2v) is 9.15. The Labute approximate surface area is 186 Å². The lowest BCUT2D eigenvalue weighted by Crippen LogP contribution is -2.10. The van der Waals surface area contributed by atoms with Gasteiger partial charge in [-0.3, -0.25) is 0 Å². The molecule has 160 valence electrons. The van der Waals surface area contributed by atoms with Crippen LogP contribution in [0.3, 0.4) is 0 Å². The van der Waals surface area contributed by atoms with Crippen molar-refractivity contribution in [3.8, 4) is 11.3 Å². The Kier molecular flexibility index (Phi) is 4.82. The molecule has 0 aliphatic rings. The minimum atomic E-state index is 0.104. The lowest BCUT2D eigenvalue weighted by Gasteiger charge is -2.19. The number of fused-ring (bicyclic) bond motifs is 2. The number of benzene rings is 3. The number of aromatic amines is 1. The lowest BCUT2D eigenvalue weighted by atomic mass is 9.86. The summed E-state index contributed by atoms with van der Waals surface area (Å²) in [5.41, 5.74) is 9.29. The van der Waals surface area contributed by atoms with Crippen LogP contribution in [-0.2, 0) is 5.41 Å². The average Bonchev–Trinajstić information content (AvgIpc) is 3.19. The zero-order chi connectivity index (χ0) is 22.3. The Balaban J connectivity index is 1.60. The van der Waals surface area contributed by atoms with E-state index in [9.17, 15) is 0 Å². The third-order valence-corrected chi connectivity index (χ3v) is 5.61. The van der Waals surface area contributed by atoms with Gasteiger partial charge in [0, 0.05) is 17.0 Å². The number of nitrogens with zero attached hydrogens (tertiary/aromatic N) is 2. The third-order valence-electron chi connectivity index (χ3n) is 5.61. The third kappa shape index (κ3) is 3.89. The topological polar surface area (TPSA) is 66.2 Å². The van der Waals surface area contributed by atoms with E-state index < -0.39 is 0 Å². The Bertz CT molecular complexity index is 1450. The molecule has 5 heteroatoms. The van der Waals surface area contributed by atoms with E-state index in [2.05, 4.69) is 78.5 Å². The molecule has 0 spiro atoms. The van der Waals surface area contributed by atoms with E-state index >= 15 is 0 Å². The van der Waals surface area contributed by atoms with Gasteiger partial charge in [-0.2, -0.15) is 5.10 Å². The summed E-state index contributed by atoms with van der Waals surface area (Å²) >= 11 is 0. The van der Waals surface area contributed by atoms with Gasteiger partial charge >= 0.3 is 0 Å². The summed E-state index contributed by atoms with van der Waals surface area (Å²) in [6.45, 7) is 8.70. The average molecular weight is 423 g/mol. The van der Waals surface area contributed by atoms with E-state index in [0.29, 0.717) is 5.95 Å². The molecule has 5 rings (SSSR count). The van der Waals surface area contributed by atoms with Gasteiger partial charge in [-0.25, -0.2) is 10.4 Å². The first-order valence-electron chi connectivity index (χ1n) is 10.8. The van der Waals surface area contributed by atoms with E-state index in [1.807, 2.05) is 42.5 Å². The molecule has 32 heavy (non-hydrogen) atoms. The summed E-state index contributed by atoms with van der Waals surface area (Å²) in [5.74, 6) is 1.37. The van der Waals surface area contributed by atoms with Gasteiger partial charge in [0.2, 0.25) is 5.95 Å². The fraction of sp³-hybridized carbons (Fsp3) is 0.185. The van der Waals surface area contributed by atoms with E-state index in [0.717, 1.165) is 44.2 Å². The van der Waals surface area contributed by atoms with E-state index in [4.69, 9.17) is 4.42 Å². The molecule has 0 aliphatic heterocycles. The molecule has 0 radical (unpaired) electrons. The van der Waals surface area contributed by atoms with Crippen LogP contribution in [0.1, 0.15) is 31.9 Å². The molecule has 3 aromatic carbocycles. The maximum Gasteiger partial charge on any atom is 0.222 e. The maximum atomic E-state index is 6.28. The van der Waals surface area contributed by atoms with Crippen molar-refractivity contribution in [2.75, 3.05) is 5.43 Å². The molecule has 5 aromatic rings. The molecule has 0 saturated carbocycles. The van der Waals surface area contributed by atoms with Gasteiger partial charge in [-0.05, 0) is 47.7 Å². The van der Waals surface area contributed by atoms with Gasteiger partial charge in [0.05, 0.1) is 16.4 Å². The van der Waals surface area contributed by atoms with Crippen molar-refractivity contribution in [2.45, 2.75) is 33.1 Å². The largest absolute Gasteiger partial charge is 0.456 e.